The third kappa shape index (κ3) is 15.7. The quantitative estimate of drug-likeness (QED) is 0.0441. The van der Waals surface area contributed by atoms with Crippen LogP contribution in [0.25, 0.3) is 0 Å². The molecule has 2 N–H and O–H groups in total. The van der Waals surface area contributed by atoms with Crippen LogP contribution in [0.15, 0.2) is 54.6 Å². The molecule has 1 fully saturated rings. The smallest absolute Gasteiger partial charge is 0.495 e. The van der Waals surface area contributed by atoms with Gasteiger partial charge in [-0.25, -0.2) is 18.4 Å². The lowest BCUT2D eigenvalue weighted by molar-refractivity contribution is -0.118. The molecule has 0 spiro atoms. The van der Waals surface area contributed by atoms with Gasteiger partial charge in [0.1, 0.15) is 29.4 Å². The summed E-state index contributed by atoms with van der Waals surface area (Å²) in [5.41, 5.74) is -2.39. The molecule has 362 valence electrons. The Bertz CT molecular complexity index is 2090. The lowest BCUT2D eigenvalue weighted by Gasteiger charge is -2.37. The summed E-state index contributed by atoms with van der Waals surface area (Å²) >= 11 is 12.4. The molecule has 1 unspecified atom stereocenters. The van der Waals surface area contributed by atoms with Gasteiger partial charge in [-0.2, -0.15) is 5.26 Å². The number of methoxy groups -OCH3 is 2. The van der Waals surface area contributed by atoms with Crippen molar-refractivity contribution in [3.05, 3.63) is 93.0 Å². The van der Waals surface area contributed by atoms with Gasteiger partial charge >= 0.3 is 12.1 Å². The summed E-state index contributed by atoms with van der Waals surface area (Å²) in [6.07, 6.45) is -0.834. The topological polar surface area (TPSA) is 191 Å². The van der Waals surface area contributed by atoms with Gasteiger partial charge in [-0.05, 0) is 53.8 Å². The van der Waals surface area contributed by atoms with Crippen LogP contribution in [0.3, 0.4) is 0 Å². The fourth-order valence-corrected chi connectivity index (χ4v) is 7.59. The van der Waals surface area contributed by atoms with Gasteiger partial charge in [-0.15, -0.1) is 0 Å². The van der Waals surface area contributed by atoms with Crippen molar-refractivity contribution >= 4 is 46.9 Å². The van der Waals surface area contributed by atoms with E-state index in [9.17, 15) is 19.6 Å². The first-order valence-corrected chi connectivity index (χ1v) is 21.8. The second kappa shape index (κ2) is 27.2. The van der Waals surface area contributed by atoms with Crippen molar-refractivity contribution in [1.82, 2.24) is 5.32 Å². The van der Waals surface area contributed by atoms with Crippen LogP contribution in [0.2, 0.25) is 10.0 Å². The number of amides is 1. The number of rotatable bonds is 27. The lowest BCUT2D eigenvalue weighted by Crippen LogP contribution is -2.45. The van der Waals surface area contributed by atoms with E-state index >= 15 is 8.78 Å². The molecule has 0 aromatic heterocycles. The summed E-state index contributed by atoms with van der Waals surface area (Å²) < 4.78 is 84.1. The highest BCUT2D eigenvalue weighted by atomic mass is 35.5. The van der Waals surface area contributed by atoms with E-state index in [0.717, 1.165) is 6.07 Å². The molecule has 0 bridgehead atoms. The number of esters is 1. The molecule has 20 heteroatoms. The highest BCUT2D eigenvalue weighted by Crippen LogP contribution is 2.53. The maximum atomic E-state index is 16.1. The zero-order valence-electron chi connectivity index (χ0n) is 37.6. The number of carbonyl (C=O) groups is 3. The number of nitrogens with one attached hydrogen (secondary N) is 2. The van der Waals surface area contributed by atoms with Crippen molar-refractivity contribution < 1.29 is 70.5 Å². The van der Waals surface area contributed by atoms with Crippen molar-refractivity contribution in [3.8, 4) is 11.8 Å². The molecule has 1 amide bonds. The molecule has 4 atom stereocenters. The Morgan fingerprint density at radius 3 is 1.95 bits per heavy atom. The maximum absolute atomic E-state index is 16.1. The SMILES string of the molecule is COCCOCCOCCOCCOCCOCCOC(=O)OCOC(=O)c1ccc(NC(=O)[C@@H]2NC(CC(C)(C)C)[C@](C#N)(c3ccc(Cl)cc3F)[C@H]2c2cccc(Cl)c2F)c(OC)c1. The van der Waals surface area contributed by atoms with Gasteiger partial charge in [0, 0.05) is 29.7 Å². The van der Waals surface area contributed by atoms with Gasteiger partial charge < -0.3 is 58.0 Å². The molecule has 1 aliphatic rings. The van der Waals surface area contributed by atoms with E-state index in [0.29, 0.717) is 59.5 Å². The molecular weight excluding hydrogens is 911 g/mol. The fraction of sp³-hybridized carbons (Fsp3) is 0.522. The third-order valence-electron chi connectivity index (χ3n) is 10.2. The summed E-state index contributed by atoms with van der Waals surface area (Å²) in [7, 11) is 2.91. The largest absolute Gasteiger partial charge is 0.511 e. The van der Waals surface area contributed by atoms with Crippen LogP contribution in [0, 0.1) is 28.4 Å². The number of ether oxygens (including phenoxy) is 10. The highest BCUT2D eigenvalue weighted by molar-refractivity contribution is 6.31. The van der Waals surface area contributed by atoms with Crippen LogP contribution in [0.4, 0.5) is 19.3 Å². The van der Waals surface area contributed by atoms with E-state index in [-0.39, 0.29) is 64.4 Å². The minimum Gasteiger partial charge on any atom is -0.495 e. The monoisotopic (exact) mass is 967 g/mol. The lowest BCUT2D eigenvalue weighted by atomic mass is 9.62. The fourth-order valence-electron chi connectivity index (χ4n) is 7.25. The minimum absolute atomic E-state index is 0.0272. The van der Waals surface area contributed by atoms with Gasteiger partial charge in [0.2, 0.25) is 12.7 Å². The van der Waals surface area contributed by atoms with E-state index in [1.807, 2.05) is 20.8 Å². The molecule has 1 saturated heterocycles. The highest BCUT2D eigenvalue weighted by Gasteiger charge is 2.61. The van der Waals surface area contributed by atoms with Gasteiger partial charge in [-0.1, -0.05) is 62.2 Å². The molecule has 4 rings (SSSR count). The predicted octanol–water partition coefficient (Wildman–Crippen LogP) is 7.24. The van der Waals surface area contributed by atoms with Gasteiger partial charge in [0.05, 0.1) is 108 Å². The van der Waals surface area contributed by atoms with Crippen molar-refractivity contribution in [2.45, 2.75) is 50.6 Å². The molecule has 0 radical (unpaired) electrons. The van der Waals surface area contributed by atoms with Crippen LogP contribution in [-0.2, 0) is 52.8 Å². The van der Waals surface area contributed by atoms with Crippen molar-refractivity contribution in [3.63, 3.8) is 0 Å². The Morgan fingerprint density at radius 1 is 0.788 bits per heavy atom. The predicted molar refractivity (Wildman–Crippen MR) is 238 cm³/mol. The minimum atomic E-state index is -1.85. The maximum Gasteiger partial charge on any atom is 0.511 e. The number of nitriles is 1. The van der Waals surface area contributed by atoms with Crippen LogP contribution in [0.5, 0.6) is 5.75 Å². The number of halogens is 4. The van der Waals surface area contributed by atoms with E-state index in [4.69, 9.17) is 70.6 Å². The van der Waals surface area contributed by atoms with Crippen molar-refractivity contribution in [1.29, 1.82) is 5.26 Å². The Hall–Kier alpha value is -4.68. The van der Waals surface area contributed by atoms with E-state index in [1.54, 1.807) is 7.11 Å². The third-order valence-corrected chi connectivity index (χ3v) is 10.7. The normalized spacial score (nSPS) is 18.1. The van der Waals surface area contributed by atoms with E-state index in [2.05, 4.69) is 16.7 Å². The van der Waals surface area contributed by atoms with Crippen LogP contribution >= 0.6 is 23.2 Å². The van der Waals surface area contributed by atoms with Crippen LogP contribution in [0.1, 0.15) is 54.6 Å². The summed E-state index contributed by atoms with van der Waals surface area (Å²) in [5, 5.41) is 17.0. The summed E-state index contributed by atoms with van der Waals surface area (Å²) in [6, 6.07) is 12.2. The molecule has 0 aliphatic carbocycles. The Morgan fingerprint density at radius 2 is 1.39 bits per heavy atom. The molecule has 1 aliphatic heterocycles. The Labute approximate surface area is 393 Å². The molecule has 3 aromatic rings. The molecule has 66 heavy (non-hydrogen) atoms. The molecular formula is C46H57Cl2F2N3O13. The van der Waals surface area contributed by atoms with Gasteiger partial charge in [-0.3, -0.25) is 4.79 Å². The first-order chi connectivity index (χ1) is 31.7. The average Bonchev–Trinajstić information content (AvgIpc) is 3.59. The number of benzene rings is 3. The number of hydrogen-bond donors (Lipinski definition) is 2. The molecule has 1 heterocycles. The van der Waals surface area contributed by atoms with E-state index < -0.39 is 65.3 Å². The number of nitrogens with zero attached hydrogens (tertiary/aromatic N) is 1. The molecule has 16 nitrogen and oxygen atoms in total. The number of carbonyl (C=O) groups excluding carboxylic acids is 3. The zero-order chi connectivity index (χ0) is 48.1. The summed E-state index contributed by atoms with van der Waals surface area (Å²) in [6.45, 7) is 9.14. The molecule has 3 aromatic carbocycles. The first kappa shape index (κ1) is 53.9. The van der Waals surface area contributed by atoms with Gasteiger partial charge in [0.15, 0.2) is 0 Å². The van der Waals surface area contributed by atoms with Crippen molar-refractivity contribution in [2.75, 3.05) is 106 Å². The average molecular weight is 969 g/mol. The van der Waals surface area contributed by atoms with Gasteiger partial charge in [0.25, 0.3) is 0 Å². The Balaban J connectivity index is 1.28. The second-order valence-corrected chi connectivity index (χ2v) is 16.8. The van der Waals surface area contributed by atoms with Crippen molar-refractivity contribution in [2.24, 2.45) is 5.41 Å². The Kier molecular flexibility index (Phi) is 22.2. The molecule has 0 saturated carbocycles. The van der Waals surface area contributed by atoms with E-state index in [1.165, 1.54) is 55.6 Å². The number of hydrogen-bond acceptors (Lipinski definition) is 15. The zero-order valence-corrected chi connectivity index (χ0v) is 39.1. The standard InChI is InChI=1S/C46H57Cl2F2N3O13/c1-45(2,3)27-38-46(28-51,33-11-10-31(47)26-35(33)49)39(32-7-6-8-34(48)40(32)50)41(53-38)42(54)52-36-12-9-30(25-37(36)58-5)43(55)65-29-66-44(56)64-24-23-63-22-21-62-20-19-61-18-17-60-16-15-59-14-13-57-4/h6-12,25-26,38-39,41,53H,13-24,27,29H2,1-5H3,(H,52,54)/t38?,39-,41+,46-/m0/s1. The van der Waals surface area contributed by atoms with Crippen LogP contribution < -0.4 is 15.4 Å². The summed E-state index contributed by atoms with van der Waals surface area (Å²) in [4.78, 5) is 39.3. The number of anilines is 1. The summed E-state index contributed by atoms with van der Waals surface area (Å²) in [5.74, 6) is -4.59. The van der Waals surface area contributed by atoms with Crippen LogP contribution in [-0.4, -0.2) is 130 Å². The second-order valence-electron chi connectivity index (χ2n) is 15.9. The first-order valence-electron chi connectivity index (χ1n) is 21.1.